The number of alkyl halides is 3. The Hall–Kier alpha value is -2.25. The fourth-order valence-electron chi connectivity index (χ4n) is 2.72. The van der Waals surface area contributed by atoms with Gasteiger partial charge in [-0.2, -0.15) is 13.2 Å². The number of carbonyl (C=O) groups is 2. The van der Waals surface area contributed by atoms with Crippen LogP contribution in [-0.2, 0) is 11.0 Å². The van der Waals surface area contributed by atoms with Gasteiger partial charge in [-0.25, -0.2) is 4.79 Å². The molecule has 8 heteroatoms. The van der Waals surface area contributed by atoms with Crippen LogP contribution in [-0.4, -0.2) is 18.0 Å². The smallest absolute Gasteiger partial charge is 0.369 e. The predicted molar refractivity (Wildman–Crippen MR) is 78.5 cm³/mol. The molecular formula is C15H18F3N3O2. The number of carbonyl (C=O) groups excluding carboxylic acids is 2. The Bertz CT molecular complexity index is 572. The van der Waals surface area contributed by atoms with Gasteiger partial charge >= 0.3 is 12.2 Å². The van der Waals surface area contributed by atoms with E-state index in [9.17, 15) is 22.8 Å². The Kier molecular flexibility index (Phi) is 5.12. The van der Waals surface area contributed by atoms with Crippen LogP contribution >= 0.6 is 0 Å². The van der Waals surface area contributed by atoms with Crippen molar-refractivity contribution in [3.05, 3.63) is 29.8 Å². The molecule has 2 rings (SSSR count). The van der Waals surface area contributed by atoms with E-state index in [0.717, 1.165) is 25.0 Å². The highest BCUT2D eigenvalue weighted by molar-refractivity contribution is 5.90. The van der Waals surface area contributed by atoms with Crippen LogP contribution in [0, 0.1) is 5.92 Å². The van der Waals surface area contributed by atoms with E-state index in [-0.39, 0.29) is 11.7 Å². The van der Waals surface area contributed by atoms with Gasteiger partial charge < -0.3 is 16.4 Å². The largest absolute Gasteiger partial charge is 0.416 e. The summed E-state index contributed by atoms with van der Waals surface area (Å²) in [4.78, 5) is 23.3. The van der Waals surface area contributed by atoms with Crippen LogP contribution in [0.5, 0.6) is 0 Å². The summed E-state index contributed by atoms with van der Waals surface area (Å²) >= 11 is 0. The van der Waals surface area contributed by atoms with E-state index >= 15 is 0 Å². The monoisotopic (exact) mass is 329 g/mol. The molecule has 0 heterocycles. The fourth-order valence-corrected chi connectivity index (χ4v) is 2.72. The molecule has 23 heavy (non-hydrogen) atoms. The van der Waals surface area contributed by atoms with Gasteiger partial charge in [-0.05, 0) is 37.1 Å². The number of urea groups is 1. The van der Waals surface area contributed by atoms with Crippen molar-refractivity contribution < 1.29 is 22.8 Å². The lowest BCUT2D eigenvalue weighted by atomic mass is 9.84. The number of nitrogens with one attached hydrogen (secondary N) is 2. The summed E-state index contributed by atoms with van der Waals surface area (Å²) in [6, 6.07) is 3.22. The molecule has 0 radical (unpaired) electrons. The maximum atomic E-state index is 12.5. The zero-order chi connectivity index (χ0) is 17.0. The Morgan fingerprint density at radius 1 is 1.09 bits per heavy atom. The van der Waals surface area contributed by atoms with E-state index in [4.69, 9.17) is 5.73 Å². The first-order valence-corrected chi connectivity index (χ1v) is 7.31. The van der Waals surface area contributed by atoms with Crippen LogP contribution in [0.15, 0.2) is 24.3 Å². The van der Waals surface area contributed by atoms with Gasteiger partial charge in [-0.1, -0.05) is 12.8 Å². The molecule has 0 bridgehead atoms. The molecule has 0 aromatic heterocycles. The molecule has 1 fully saturated rings. The molecule has 0 unspecified atom stereocenters. The molecule has 3 amide bonds. The lowest BCUT2D eigenvalue weighted by molar-refractivity contribution is -0.137. The number of rotatable bonds is 3. The van der Waals surface area contributed by atoms with E-state index in [2.05, 4.69) is 10.6 Å². The molecule has 1 aromatic rings. The van der Waals surface area contributed by atoms with E-state index in [1.54, 1.807) is 0 Å². The van der Waals surface area contributed by atoms with Crippen molar-refractivity contribution >= 4 is 17.6 Å². The van der Waals surface area contributed by atoms with Crippen LogP contribution in [0.4, 0.5) is 23.7 Å². The van der Waals surface area contributed by atoms with Gasteiger partial charge in [0.05, 0.1) is 11.5 Å². The van der Waals surface area contributed by atoms with E-state index in [0.29, 0.717) is 12.8 Å². The molecule has 1 aromatic carbocycles. The summed E-state index contributed by atoms with van der Waals surface area (Å²) in [5, 5.41) is 5.13. The van der Waals surface area contributed by atoms with Crippen LogP contribution in [0.2, 0.25) is 0 Å². The van der Waals surface area contributed by atoms with Crippen molar-refractivity contribution in [2.45, 2.75) is 37.9 Å². The highest BCUT2D eigenvalue weighted by Gasteiger charge is 2.31. The molecule has 126 valence electrons. The topological polar surface area (TPSA) is 84.2 Å². The second-order valence-corrected chi connectivity index (χ2v) is 5.57. The maximum Gasteiger partial charge on any atom is 0.416 e. The minimum Gasteiger partial charge on any atom is -0.369 e. The van der Waals surface area contributed by atoms with Crippen LogP contribution < -0.4 is 16.4 Å². The molecule has 1 saturated carbocycles. The number of halogens is 3. The molecule has 5 nitrogen and oxygen atoms in total. The van der Waals surface area contributed by atoms with E-state index < -0.39 is 29.6 Å². The zero-order valence-electron chi connectivity index (χ0n) is 12.3. The third-order valence-corrected chi connectivity index (χ3v) is 3.92. The zero-order valence-corrected chi connectivity index (χ0v) is 12.3. The van der Waals surface area contributed by atoms with E-state index in [1.807, 2.05) is 0 Å². The molecule has 1 aliphatic rings. The number of hydrogen-bond acceptors (Lipinski definition) is 2. The van der Waals surface area contributed by atoms with Gasteiger partial charge in [0.15, 0.2) is 0 Å². The van der Waals surface area contributed by atoms with Crippen LogP contribution in [0.3, 0.4) is 0 Å². The summed E-state index contributed by atoms with van der Waals surface area (Å²) < 4.78 is 37.4. The average molecular weight is 329 g/mol. The lowest BCUT2D eigenvalue weighted by Gasteiger charge is -2.29. The predicted octanol–water partition coefficient (Wildman–Crippen LogP) is 2.87. The molecular weight excluding hydrogens is 311 g/mol. The van der Waals surface area contributed by atoms with Crippen molar-refractivity contribution in [3.63, 3.8) is 0 Å². The summed E-state index contributed by atoms with van der Waals surface area (Å²) in [6.07, 6.45) is -1.38. The summed E-state index contributed by atoms with van der Waals surface area (Å²) in [6.45, 7) is 0. The van der Waals surface area contributed by atoms with Gasteiger partial charge in [0, 0.05) is 11.7 Å². The number of primary amides is 1. The number of nitrogens with two attached hydrogens (primary N) is 1. The van der Waals surface area contributed by atoms with Crippen LogP contribution in [0.25, 0.3) is 0 Å². The van der Waals surface area contributed by atoms with Crippen LogP contribution in [0.1, 0.15) is 31.2 Å². The van der Waals surface area contributed by atoms with Gasteiger partial charge in [0.1, 0.15) is 0 Å². The molecule has 1 aliphatic carbocycles. The highest BCUT2D eigenvalue weighted by Crippen LogP contribution is 2.30. The van der Waals surface area contributed by atoms with Crippen molar-refractivity contribution in [1.29, 1.82) is 0 Å². The maximum absolute atomic E-state index is 12.5. The third-order valence-electron chi connectivity index (χ3n) is 3.92. The first kappa shape index (κ1) is 17.1. The first-order chi connectivity index (χ1) is 10.8. The minimum atomic E-state index is -4.42. The second kappa shape index (κ2) is 6.89. The van der Waals surface area contributed by atoms with Crippen molar-refractivity contribution in [1.82, 2.24) is 5.32 Å². The molecule has 2 atom stereocenters. The van der Waals surface area contributed by atoms with Crippen molar-refractivity contribution in [2.24, 2.45) is 11.7 Å². The van der Waals surface area contributed by atoms with Gasteiger partial charge in [0.2, 0.25) is 5.91 Å². The summed E-state index contributed by atoms with van der Waals surface area (Å²) in [5.74, 6) is -0.869. The Morgan fingerprint density at radius 3 is 2.26 bits per heavy atom. The lowest BCUT2D eigenvalue weighted by Crippen LogP contribution is -2.48. The Balaban J connectivity index is 1.95. The van der Waals surface area contributed by atoms with Crippen molar-refractivity contribution in [2.75, 3.05) is 5.32 Å². The standard InChI is InChI=1S/C15H18F3N3O2/c16-15(17,18)9-5-7-10(8-6-9)20-14(23)21-12-4-2-1-3-11(12)13(19)22/h5-8,11-12H,1-4H2,(H2,19,22)(H2,20,21,23)/t11-,12+/m0/s1. The third kappa shape index (κ3) is 4.61. The molecule has 4 N–H and O–H groups in total. The summed E-state index contributed by atoms with van der Waals surface area (Å²) in [7, 11) is 0. The number of hydrogen-bond donors (Lipinski definition) is 3. The first-order valence-electron chi connectivity index (χ1n) is 7.31. The normalized spacial score (nSPS) is 21.5. The highest BCUT2D eigenvalue weighted by atomic mass is 19.4. The average Bonchev–Trinajstić information content (AvgIpc) is 2.47. The molecule has 0 spiro atoms. The Labute approximate surface area is 131 Å². The summed E-state index contributed by atoms with van der Waals surface area (Å²) in [5.41, 5.74) is 4.78. The quantitative estimate of drug-likeness (QED) is 0.796. The van der Waals surface area contributed by atoms with Gasteiger partial charge in [0.25, 0.3) is 0 Å². The number of amides is 3. The number of anilines is 1. The van der Waals surface area contributed by atoms with Crippen molar-refractivity contribution in [3.8, 4) is 0 Å². The fraction of sp³-hybridized carbons (Fsp3) is 0.467. The Morgan fingerprint density at radius 2 is 1.70 bits per heavy atom. The minimum absolute atomic E-state index is 0.238. The SMILES string of the molecule is NC(=O)[C@H]1CCCC[C@H]1NC(=O)Nc1ccc(C(F)(F)F)cc1. The molecule has 0 aliphatic heterocycles. The second-order valence-electron chi connectivity index (χ2n) is 5.57. The van der Waals surface area contributed by atoms with Gasteiger partial charge in [-0.3, -0.25) is 4.79 Å². The molecule has 0 saturated heterocycles. The number of benzene rings is 1. The van der Waals surface area contributed by atoms with Gasteiger partial charge in [-0.15, -0.1) is 0 Å². The van der Waals surface area contributed by atoms with E-state index in [1.165, 1.54) is 12.1 Å².